The maximum Gasteiger partial charge on any atom is 0.0639 e. The maximum absolute atomic E-state index is 9.39. The average Bonchev–Trinajstić information content (AvgIpc) is 2.45. The van der Waals surface area contributed by atoms with E-state index in [1.807, 2.05) is 6.92 Å². The summed E-state index contributed by atoms with van der Waals surface area (Å²) < 4.78 is 0. The summed E-state index contributed by atoms with van der Waals surface area (Å²) in [4.78, 5) is 4.85. The number of nitrogens with zero attached hydrogens (tertiary/aromatic N) is 2. The highest BCUT2D eigenvalue weighted by atomic mass is 16.3. The van der Waals surface area contributed by atoms with Gasteiger partial charge in [0.05, 0.1) is 6.10 Å². The van der Waals surface area contributed by atoms with Crippen LogP contribution in [0.3, 0.4) is 0 Å². The van der Waals surface area contributed by atoms with Crippen LogP contribution in [0.2, 0.25) is 0 Å². The first kappa shape index (κ1) is 12.9. The van der Waals surface area contributed by atoms with E-state index in [0.29, 0.717) is 18.1 Å². The van der Waals surface area contributed by atoms with Gasteiger partial charge in [-0.05, 0) is 41.2 Å². The standard InChI is InChI=1S/C12H26N2O/c1-9(2)14-7-6-12(11(14)4)13(5)8-10(3)15/h9-12,15H,6-8H2,1-5H3. The molecule has 0 aromatic rings. The van der Waals surface area contributed by atoms with Crippen LogP contribution in [-0.2, 0) is 0 Å². The van der Waals surface area contributed by atoms with Gasteiger partial charge in [0, 0.05) is 31.2 Å². The van der Waals surface area contributed by atoms with E-state index in [1.54, 1.807) is 0 Å². The van der Waals surface area contributed by atoms with E-state index in [0.717, 1.165) is 6.54 Å². The van der Waals surface area contributed by atoms with Gasteiger partial charge < -0.3 is 5.11 Å². The van der Waals surface area contributed by atoms with Crippen LogP contribution >= 0.6 is 0 Å². The van der Waals surface area contributed by atoms with Crippen LogP contribution in [0.5, 0.6) is 0 Å². The Bertz CT molecular complexity index is 194. The summed E-state index contributed by atoms with van der Waals surface area (Å²) in [6.45, 7) is 10.6. The Morgan fingerprint density at radius 2 is 2.00 bits per heavy atom. The van der Waals surface area contributed by atoms with Gasteiger partial charge in [0.2, 0.25) is 0 Å². The predicted molar refractivity (Wildman–Crippen MR) is 64.0 cm³/mol. The molecule has 0 aromatic heterocycles. The van der Waals surface area contributed by atoms with Gasteiger partial charge in [0.25, 0.3) is 0 Å². The second-order valence-electron chi connectivity index (χ2n) is 5.22. The number of likely N-dealkylation sites (tertiary alicyclic amines) is 1. The first-order chi connectivity index (χ1) is 6.93. The largest absolute Gasteiger partial charge is 0.392 e. The van der Waals surface area contributed by atoms with Crippen LogP contribution in [0, 0.1) is 0 Å². The zero-order chi connectivity index (χ0) is 11.6. The maximum atomic E-state index is 9.39. The molecule has 3 nitrogen and oxygen atoms in total. The molecule has 3 unspecified atom stereocenters. The zero-order valence-electron chi connectivity index (χ0n) is 10.8. The molecular weight excluding hydrogens is 188 g/mol. The van der Waals surface area contributed by atoms with Crippen molar-refractivity contribution in [2.24, 2.45) is 0 Å². The third kappa shape index (κ3) is 3.16. The van der Waals surface area contributed by atoms with E-state index in [4.69, 9.17) is 0 Å². The zero-order valence-corrected chi connectivity index (χ0v) is 10.8. The first-order valence-electron chi connectivity index (χ1n) is 6.07. The molecule has 15 heavy (non-hydrogen) atoms. The third-order valence-electron chi connectivity index (χ3n) is 3.54. The topological polar surface area (TPSA) is 26.7 Å². The number of hydrogen-bond acceptors (Lipinski definition) is 3. The van der Waals surface area contributed by atoms with Crippen molar-refractivity contribution in [3.8, 4) is 0 Å². The highest BCUT2D eigenvalue weighted by Gasteiger charge is 2.34. The molecule has 0 bridgehead atoms. The lowest BCUT2D eigenvalue weighted by atomic mass is 10.1. The molecule has 0 aliphatic carbocycles. The molecule has 0 spiro atoms. The van der Waals surface area contributed by atoms with E-state index in [-0.39, 0.29) is 6.10 Å². The molecule has 0 saturated carbocycles. The third-order valence-corrected chi connectivity index (χ3v) is 3.54. The summed E-state index contributed by atoms with van der Waals surface area (Å²) in [5.74, 6) is 0. The van der Waals surface area contributed by atoms with Crippen molar-refractivity contribution in [2.75, 3.05) is 20.1 Å². The molecule has 1 N–H and O–H groups in total. The van der Waals surface area contributed by atoms with Crippen LogP contribution in [0.4, 0.5) is 0 Å². The predicted octanol–water partition coefficient (Wildman–Crippen LogP) is 1.17. The molecule has 1 fully saturated rings. The van der Waals surface area contributed by atoms with Gasteiger partial charge in [-0.25, -0.2) is 0 Å². The summed E-state index contributed by atoms with van der Waals surface area (Å²) >= 11 is 0. The summed E-state index contributed by atoms with van der Waals surface area (Å²) in [5.41, 5.74) is 0. The SMILES string of the molecule is CC(O)CN(C)C1CCN(C(C)C)C1C. The Morgan fingerprint density at radius 3 is 2.40 bits per heavy atom. The second kappa shape index (κ2) is 5.28. The van der Waals surface area contributed by atoms with Crippen LogP contribution in [0.15, 0.2) is 0 Å². The minimum absolute atomic E-state index is 0.227. The van der Waals surface area contributed by atoms with E-state index in [1.165, 1.54) is 13.0 Å². The fourth-order valence-corrected chi connectivity index (χ4v) is 2.82. The van der Waals surface area contributed by atoms with Crippen molar-refractivity contribution in [2.45, 2.75) is 58.3 Å². The highest BCUT2D eigenvalue weighted by molar-refractivity contribution is 4.91. The van der Waals surface area contributed by atoms with Gasteiger partial charge in [-0.3, -0.25) is 9.80 Å². The number of rotatable bonds is 4. The Morgan fingerprint density at radius 1 is 1.40 bits per heavy atom. The van der Waals surface area contributed by atoms with Crippen LogP contribution in [-0.4, -0.2) is 59.3 Å². The molecule has 0 aromatic carbocycles. The first-order valence-corrected chi connectivity index (χ1v) is 6.07. The molecule has 0 amide bonds. The van der Waals surface area contributed by atoms with Crippen LogP contribution < -0.4 is 0 Å². The van der Waals surface area contributed by atoms with Crippen LogP contribution in [0.25, 0.3) is 0 Å². The smallest absolute Gasteiger partial charge is 0.0639 e. The minimum Gasteiger partial charge on any atom is -0.392 e. The number of aliphatic hydroxyl groups is 1. The van der Waals surface area contributed by atoms with Gasteiger partial charge >= 0.3 is 0 Å². The van der Waals surface area contributed by atoms with E-state index < -0.39 is 0 Å². The summed E-state index contributed by atoms with van der Waals surface area (Å²) in [6, 6.07) is 1.83. The summed E-state index contributed by atoms with van der Waals surface area (Å²) in [7, 11) is 2.12. The lowest BCUT2D eigenvalue weighted by molar-refractivity contribution is 0.0971. The summed E-state index contributed by atoms with van der Waals surface area (Å²) in [6.07, 6.45) is 0.998. The fourth-order valence-electron chi connectivity index (χ4n) is 2.82. The molecule has 3 atom stereocenters. The molecule has 1 aliphatic rings. The van der Waals surface area contributed by atoms with Crippen molar-refractivity contribution >= 4 is 0 Å². The second-order valence-corrected chi connectivity index (χ2v) is 5.22. The molecule has 90 valence electrons. The Hall–Kier alpha value is -0.120. The number of likely N-dealkylation sites (N-methyl/N-ethyl adjacent to an activating group) is 1. The van der Waals surface area contributed by atoms with Crippen molar-refractivity contribution in [3.63, 3.8) is 0 Å². The van der Waals surface area contributed by atoms with Crippen molar-refractivity contribution in [1.82, 2.24) is 9.80 Å². The monoisotopic (exact) mass is 214 g/mol. The van der Waals surface area contributed by atoms with E-state index in [9.17, 15) is 5.11 Å². The molecule has 0 radical (unpaired) electrons. The van der Waals surface area contributed by atoms with E-state index in [2.05, 4.69) is 37.6 Å². The lowest BCUT2D eigenvalue weighted by Crippen LogP contribution is -2.45. The molecule has 1 aliphatic heterocycles. The van der Waals surface area contributed by atoms with E-state index >= 15 is 0 Å². The average molecular weight is 214 g/mol. The Balaban J connectivity index is 2.51. The molecule has 3 heteroatoms. The molecule has 1 heterocycles. The molecule has 1 saturated heterocycles. The van der Waals surface area contributed by atoms with Gasteiger partial charge in [-0.15, -0.1) is 0 Å². The normalized spacial score (nSPS) is 30.4. The van der Waals surface area contributed by atoms with Gasteiger partial charge in [-0.1, -0.05) is 0 Å². The number of hydrogen-bond donors (Lipinski definition) is 1. The van der Waals surface area contributed by atoms with Gasteiger partial charge in [-0.2, -0.15) is 0 Å². The highest BCUT2D eigenvalue weighted by Crippen LogP contribution is 2.23. The van der Waals surface area contributed by atoms with Gasteiger partial charge in [0.1, 0.15) is 0 Å². The van der Waals surface area contributed by atoms with Gasteiger partial charge in [0.15, 0.2) is 0 Å². The lowest BCUT2D eigenvalue weighted by Gasteiger charge is -2.33. The molecule has 1 rings (SSSR count). The Kier molecular flexibility index (Phi) is 4.56. The fraction of sp³-hybridized carbons (Fsp3) is 1.00. The van der Waals surface area contributed by atoms with Crippen molar-refractivity contribution in [1.29, 1.82) is 0 Å². The van der Waals surface area contributed by atoms with Crippen LogP contribution in [0.1, 0.15) is 34.1 Å². The van der Waals surface area contributed by atoms with Crippen molar-refractivity contribution in [3.05, 3.63) is 0 Å². The van der Waals surface area contributed by atoms with Crippen molar-refractivity contribution < 1.29 is 5.11 Å². The summed E-state index contributed by atoms with van der Waals surface area (Å²) in [5, 5.41) is 9.39. The molecular formula is C12H26N2O. The number of aliphatic hydroxyl groups excluding tert-OH is 1. The minimum atomic E-state index is -0.227. The Labute approximate surface area is 94.1 Å². The quantitative estimate of drug-likeness (QED) is 0.761.